The third-order valence-electron chi connectivity index (χ3n) is 6.79. The number of anilines is 1. The van der Waals surface area contributed by atoms with Crippen LogP contribution >= 0.6 is 0 Å². The maximum Gasteiger partial charge on any atom is 0.258 e. The van der Waals surface area contributed by atoms with Gasteiger partial charge in [-0.2, -0.15) is 0 Å². The topological polar surface area (TPSA) is 92.1 Å². The molecule has 0 bridgehead atoms. The van der Waals surface area contributed by atoms with Crippen LogP contribution < -0.4 is 10.6 Å². The summed E-state index contributed by atoms with van der Waals surface area (Å²) in [6, 6.07) is 15.4. The van der Waals surface area contributed by atoms with Crippen LogP contribution in [-0.2, 0) is 16.6 Å². The summed E-state index contributed by atoms with van der Waals surface area (Å²) in [5.41, 5.74) is 10.5. The molecule has 3 aromatic rings. The van der Waals surface area contributed by atoms with Crippen molar-refractivity contribution in [2.45, 2.75) is 44.4 Å². The maximum atomic E-state index is 13.5. The number of benzene rings is 2. The third-order valence-corrected chi connectivity index (χ3v) is 6.79. The van der Waals surface area contributed by atoms with Crippen LogP contribution in [0.3, 0.4) is 0 Å². The number of H-pyrrole nitrogens is 1. The Morgan fingerprint density at radius 2 is 1.77 bits per heavy atom. The van der Waals surface area contributed by atoms with E-state index in [4.69, 9.17) is 5.73 Å². The number of para-hydroxylation sites is 1. The summed E-state index contributed by atoms with van der Waals surface area (Å²) in [5.74, 6) is 0.556. The molecule has 1 fully saturated rings. The number of nitrogens with one attached hydrogen (secondary N) is 1. The van der Waals surface area contributed by atoms with Gasteiger partial charge >= 0.3 is 0 Å². The van der Waals surface area contributed by atoms with E-state index in [0.29, 0.717) is 18.5 Å². The Hall–Kier alpha value is -3.41. The predicted molar refractivity (Wildman–Crippen MR) is 120 cm³/mol. The fourth-order valence-corrected chi connectivity index (χ4v) is 5.15. The van der Waals surface area contributed by atoms with Crippen molar-refractivity contribution >= 4 is 17.5 Å². The van der Waals surface area contributed by atoms with Crippen LogP contribution in [0.15, 0.2) is 48.5 Å². The molecule has 31 heavy (non-hydrogen) atoms. The second kappa shape index (κ2) is 7.38. The number of aryl methyl sites for hydroxylation is 1. The highest BCUT2D eigenvalue weighted by atomic mass is 16.2. The van der Waals surface area contributed by atoms with E-state index in [1.54, 1.807) is 0 Å². The van der Waals surface area contributed by atoms with Gasteiger partial charge in [-0.1, -0.05) is 43.2 Å². The van der Waals surface area contributed by atoms with E-state index in [0.717, 1.165) is 59.7 Å². The summed E-state index contributed by atoms with van der Waals surface area (Å²) in [5, 5.41) is 0. The Bertz CT molecular complexity index is 1160. The number of hydrogen-bond acceptors (Lipinski definition) is 3. The Balaban J connectivity index is 1.48. The van der Waals surface area contributed by atoms with Crippen molar-refractivity contribution < 1.29 is 9.59 Å². The monoisotopic (exact) mass is 414 g/mol. The minimum atomic E-state index is -0.594. The smallest absolute Gasteiger partial charge is 0.258 e. The molecule has 0 spiro atoms. The lowest BCUT2D eigenvalue weighted by Gasteiger charge is -2.26. The summed E-state index contributed by atoms with van der Waals surface area (Å²) < 4.78 is 0. The van der Waals surface area contributed by atoms with Gasteiger partial charge in [-0.3, -0.25) is 9.59 Å². The van der Waals surface area contributed by atoms with Crippen molar-refractivity contribution in [3.8, 4) is 11.3 Å². The van der Waals surface area contributed by atoms with E-state index < -0.39 is 5.41 Å². The molecule has 0 atom stereocenters. The Morgan fingerprint density at radius 1 is 1.06 bits per heavy atom. The minimum absolute atomic E-state index is 0.0552. The van der Waals surface area contributed by atoms with Crippen LogP contribution in [0, 0.1) is 6.92 Å². The predicted octanol–water partition coefficient (Wildman–Crippen LogP) is 3.89. The van der Waals surface area contributed by atoms with Crippen LogP contribution in [0.4, 0.5) is 5.69 Å². The van der Waals surface area contributed by atoms with Crippen molar-refractivity contribution in [3.63, 3.8) is 0 Å². The molecule has 0 saturated heterocycles. The van der Waals surface area contributed by atoms with Gasteiger partial charge in [0.15, 0.2) is 0 Å². The molecule has 1 aromatic heterocycles. The van der Waals surface area contributed by atoms with Crippen LogP contribution in [0.2, 0.25) is 0 Å². The number of nitrogens with zero attached hydrogens (tertiary/aromatic N) is 2. The fraction of sp³-hybridized carbons (Fsp3) is 0.320. The normalized spacial score (nSPS) is 17.0. The van der Waals surface area contributed by atoms with Gasteiger partial charge in [-0.25, -0.2) is 4.98 Å². The molecule has 6 heteroatoms. The first kappa shape index (κ1) is 19.5. The average molecular weight is 415 g/mol. The first-order chi connectivity index (χ1) is 15.0. The molecular formula is C25H26N4O2. The van der Waals surface area contributed by atoms with Crippen LogP contribution in [0.25, 0.3) is 11.3 Å². The summed E-state index contributed by atoms with van der Waals surface area (Å²) in [6.45, 7) is 2.52. The second-order valence-corrected chi connectivity index (χ2v) is 8.60. The van der Waals surface area contributed by atoms with Crippen LogP contribution in [-0.4, -0.2) is 28.3 Å². The molecule has 1 aliphatic heterocycles. The average Bonchev–Trinajstić information content (AvgIpc) is 3.39. The van der Waals surface area contributed by atoms with Crippen molar-refractivity contribution in [1.82, 2.24) is 9.97 Å². The lowest BCUT2D eigenvalue weighted by atomic mass is 9.78. The Morgan fingerprint density at radius 3 is 2.48 bits per heavy atom. The number of rotatable bonds is 3. The molecule has 2 aromatic carbocycles. The van der Waals surface area contributed by atoms with E-state index in [2.05, 4.69) is 9.97 Å². The van der Waals surface area contributed by atoms with Crippen molar-refractivity contribution in [2.24, 2.45) is 5.73 Å². The van der Waals surface area contributed by atoms with Gasteiger partial charge in [0.05, 0.1) is 16.8 Å². The molecule has 158 valence electrons. The molecule has 1 aliphatic carbocycles. The molecule has 5 rings (SSSR count). The number of hydrogen-bond donors (Lipinski definition) is 2. The number of imidazole rings is 1. The number of carbonyl (C=O) groups excluding carboxylic acids is 2. The summed E-state index contributed by atoms with van der Waals surface area (Å²) >= 11 is 0. The first-order valence-electron chi connectivity index (χ1n) is 10.9. The SMILES string of the molecule is Cc1nc2c([nH]1)CCN(C(=O)c1ccc(C3(C(N)=O)CCCC3)cc1)c1ccccc1-2. The lowest BCUT2D eigenvalue weighted by molar-refractivity contribution is -0.123. The van der Waals surface area contributed by atoms with Gasteiger partial charge in [0.1, 0.15) is 5.82 Å². The summed E-state index contributed by atoms with van der Waals surface area (Å²) in [7, 11) is 0. The molecule has 0 unspecified atom stereocenters. The Kier molecular flexibility index (Phi) is 4.65. The number of amides is 2. The largest absolute Gasteiger partial charge is 0.369 e. The summed E-state index contributed by atoms with van der Waals surface area (Å²) in [6.07, 6.45) is 4.27. The highest BCUT2D eigenvalue weighted by Crippen LogP contribution is 2.41. The van der Waals surface area contributed by atoms with Crippen molar-refractivity contribution in [2.75, 3.05) is 11.4 Å². The number of carbonyl (C=O) groups is 2. The minimum Gasteiger partial charge on any atom is -0.369 e. The molecule has 1 saturated carbocycles. The Labute approximate surface area is 181 Å². The highest BCUT2D eigenvalue weighted by molar-refractivity contribution is 6.08. The zero-order valence-electron chi connectivity index (χ0n) is 17.6. The number of fused-ring (bicyclic) bond motifs is 3. The van der Waals surface area contributed by atoms with Crippen LogP contribution in [0.1, 0.15) is 53.1 Å². The van der Waals surface area contributed by atoms with E-state index in [9.17, 15) is 9.59 Å². The molecule has 2 heterocycles. The van der Waals surface area contributed by atoms with E-state index in [-0.39, 0.29) is 11.8 Å². The van der Waals surface area contributed by atoms with Gasteiger partial charge < -0.3 is 15.6 Å². The second-order valence-electron chi connectivity index (χ2n) is 8.60. The number of primary amides is 1. The molecule has 0 radical (unpaired) electrons. The fourth-order valence-electron chi connectivity index (χ4n) is 5.15. The maximum absolute atomic E-state index is 13.5. The molecule has 2 amide bonds. The number of nitrogens with two attached hydrogens (primary N) is 1. The molecule has 2 aliphatic rings. The van der Waals surface area contributed by atoms with E-state index in [1.807, 2.05) is 60.4 Å². The van der Waals surface area contributed by atoms with Gasteiger partial charge in [-0.15, -0.1) is 0 Å². The summed E-state index contributed by atoms with van der Waals surface area (Å²) in [4.78, 5) is 35.5. The lowest BCUT2D eigenvalue weighted by Crippen LogP contribution is -2.38. The van der Waals surface area contributed by atoms with Gasteiger partial charge in [0.2, 0.25) is 5.91 Å². The first-order valence-corrected chi connectivity index (χ1v) is 10.9. The van der Waals surface area contributed by atoms with Crippen molar-refractivity contribution in [3.05, 3.63) is 71.2 Å². The quantitative estimate of drug-likeness (QED) is 0.681. The van der Waals surface area contributed by atoms with E-state index >= 15 is 0 Å². The van der Waals surface area contributed by atoms with Crippen LogP contribution in [0.5, 0.6) is 0 Å². The zero-order valence-corrected chi connectivity index (χ0v) is 17.6. The van der Waals surface area contributed by atoms with Gasteiger partial charge in [-0.05, 0) is 43.5 Å². The van der Waals surface area contributed by atoms with Crippen molar-refractivity contribution in [1.29, 1.82) is 0 Å². The van der Waals surface area contributed by atoms with E-state index in [1.165, 1.54) is 0 Å². The molecular weight excluding hydrogens is 388 g/mol. The zero-order chi connectivity index (χ0) is 21.6. The third kappa shape index (κ3) is 3.14. The molecule has 3 N–H and O–H groups in total. The number of aromatic nitrogens is 2. The number of aromatic amines is 1. The van der Waals surface area contributed by atoms with Gasteiger partial charge in [0, 0.05) is 29.8 Å². The highest BCUT2D eigenvalue weighted by Gasteiger charge is 2.41. The standard InChI is InChI=1S/C25H26N4O2/c1-16-27-20-12-15-29(21-7-3-2-6-19(21)22(20)28-16)23(30)17-8-10-18(11-9-17)25(24(26)31)13-4-5-14-25/h2-3,6-11H,4-5,12-15H2,1H3,(H2,26,31)(H,27,28). The van der Waals surface area contributed by atoms with Gasteiger partial charge in [0.25, 0.3) is 5.91 Å². The molecule has 6 nitrogen and oxygen atoms in total.